The van der Waals surface area contributed by atoms with E-state index >= 15 is 0 Å². The van der Waals surface area contributed by atoms with E-state index in [2.05, 4.69) is 15.3 Å². The topological polar surface area (TPSA) is 78.1 Å². The SMILES string of the molecule is CCCc1nc2sc(C(=O)N3CCNCC3)c(C)c2c(=O)[nH]1. The lowest BCUT2D eigenvalue weighted by atomic mass is 10.2. The van der Waals surface area contributed by atoms with Crippen molar-refractivity contribution in [3.63, 3.8) is 0 Å². The van der Waals surface area contributed by atoms with Crippen LogP contribution in [0.25, 0.3) is 10.2 Å². The summed E-state index contributed by atoms with van der Waals surface area (Å²) in [5.74, 6) is 0.709. The lowest BCUT2D eigenvalue weighted by molar-refractivity contribution is 0.0740. The number of rotatable bonds is 3. The molecule has 0 aliphatic carbocycles. The number of nitrogens with zero attached hydrogens (tertiary/aromatic N) is 2. The van der Waals surface area contributed by atoms with Crippen LogP contribution < -0.4 is 10.9 Å². The van der Waals surface area contributed by atoms with E-state index in [1.54, 1.807) is 0 Å². The monoisotopic (exact) mass is 320 g/mol. The molecule has 1 amide bonds. The van der Waals surface area contributed by atoms with Gasteiger partial charge in [0, 0.05) is 32.6 Å². The number of nitrogens with one attached hydrogen (secondary N) is 2. The first-order valence-corrected chi connectivity index (χ1v) is 8.45. The van der Waals surface area contributed by atoms with Crippen LogP contribution in [0.4, 0.5) is 0 Å². The maximum absolute atomic E-state index is 12.7. The van der Waals surface area contributed by atoms with E-state index in [0.717, 1.165) is 31.5 Å². The van der Waals surface area contributed by atoms with E-state index in [-0.39, 0.29) is 11.5 Å². The fourth-order valence-electron chi connectivity index (χ4n) is 2.76. The van der Waals surface area contributed by atoms with Gasteiger partial charge in [0.15, 0.2) is 0 Å². The second-order valence-corrected chi connectivity index (χ2v) is 6.54. The largest absolute Gasteiger partial charge is 0.335 e. The minimum atomic E-state index is -0.137. The zero-order valence-electron chi connectivity index (χ0n) is 12.9. The first kappa shape index (κ1) is 15.2. The predicted molar refractivity (Wildman–Crippen MR) is 87.7 cm³/mol. The molecule has 1 fully saturated rings. The highest BCUT2D eigenvalue weighted by Crippen LogP contribution is 2.28. The van der Waals surface area contributed by atoms with E-state index in [4.69, 9.17) is 0 Å². The highest BCUT2D eigenvalue weighted by atomic mass is 32.1. The number of H-pyrrole nitrogens is 1. The summed E-state index contributed by atoms with van der Waals surface area (Å²) < 4.78 is 0. The van der Waals surface area contributed by atoms with Gasteiger partial charge in [0.25, 0.3) is 11.5 Å². The second kappa shape index (κ2) is 6.18. The van der Waals surface area contributed by atoms with Gasteiger partial charge >= 0.3 is 0 Å². The molecule has 22 heavy (non-hydrogen) atoms. The number of hydrogen-bond donors (Lipinski definition) is 2. The Morgan fingerprint density at radius 1 is 1.36 bits per heavy atom. The summed E-state index contributed by atoms with van der Waals surface area (Å²) in [4.78, 5) is 35.5. The van der Waals surface area contributed by atoms with Gasteiger partial charge in [-0.2, -0.15) is 0 Å². The summed E-state index contributed by atoms with van der Waals surface area (Å²) in [6, 6.07) is 0. The van der Waals surface area contributed by atoms with E-state index in [9.17, 15) is 9.59 Å². The molecule has 3 rings (SSSR count). The van der Waals surface area contributed by atoms with Crippen LogP contribution in [0.3, 0.4) is 0 Å². The van der Waals surface area contributed by atoms with Crippen molar-refractivity contribution in [1.29, 1.82) is 0 Å². The summed E-state index contributed by atoms with van der Waals surface area (Å²) in [5, 5.41) is 3.79. The van der Waals surface area contributed by atoms with Crippen LogP contribution in [0.1, 0.15) is 34.4 Å². The second-order valence-electron chi connectivity index (χ2n) is 5.54. The van der Waals surface area contributed by atoms with Gasteiger partial charge in [0.2, 0.25) is 0 Å². The highest BCUT2D eigenvalue weighted by Gasteiger charge is 2.24. The van der Waals surface area contributed by atoms with Crippen molar-refractivity contribution in [2.24, 2.45) is 0 Å². The van der Waals surface area contributed by atoms with Gasteiger partial charge in [-0.1, -0.05) is 6.92 Å². The number of carbonyl (C=O) groups is 1. The Bertz CT molecular complexity index is 759. The third-order valence-electron chi connectivity index (χ3n) is 3.93. The van der Waals surface area contributed by atoms with Crippen LogP contribution in [-0.2, 0) is 6.42 Å². The third-order valence-corrected chi connectivity index (χ3v) is 5.11. The summed E-state index contributed by atoms with van der Waals surface area (Å²) in [6.07, 6.45) is 1.66. The Balaban J connectivity index is 2.03. The first-order valence-electron chi connectivity index (χ1n) is 7.64. The molecule has 6 nitrogen and oxygen atoms in total. The van der Waals surface area contributed by atoms with Crippen molar-refractivity contribution in [3.8, 4) is 0 Å². The molecule has 0 saturated carbocycles. The number of piperazine rings is 1. The van der Waals surface area contributed by atoms with Crippen molar-refractivity contribution in [3.05, 3.63) is 26.6 Å². The number of aromatic amines is 1. The Kier molecular flexibility index (Phi) is 4.26. The van der Waals surface area contributed by atoms with Crippen LogP contribution >= 0.6 is 11.3 Å². The molecule has 0 atom stereocenters. The average molecular weight is 320 g/mol. The van der Waals surface area contributed by atoms with Gasteiger partial charge in [-0.05, 0) is 18.9 Å². The molecule has 2 N–H and O–H groups in total. The third kappa shape index (κ3) is 2.66. The van der Waals surface area contributed by atoms with Gasteiger partial charge in [0.1, 0.15) is 10.7 Å². The van der Waals surface area contributed by atoms with E-state index < -0.39 is 0 Å². The molecule has 0 bridgehead atoms. The molecule has 0 spiro atoms. The minimum absolute atomic E-state index is 0.0124. The molecule has 2 aromatic rings. The molecule has 2 aromatic heterocycles. The molecule has 0 unspecified atom stereocenters. The van der Waals surface area contributed by atoms with Crippen molar-refractivity contribution >= 4 is 27.5 Å². The summed E-state index contributed by atoms with van der Waals surface area (Å²) in [7, 11) is 0. The van der Waals surface area contributed by atoms with E-state index in [1.165, 1.54) is 11.3 Å². The number of carbonyl (C=O) groups excluding carboxylic acids is 1. The Labute approximate surface area is 132 Å². The molecule has 7 heteroatoms. The minimum Gasteiger partial charge on any atom is -0.335 e. The smallest absolute Gasteiger partial charge is 0.264 e. The number of hydrogen-bond acceptors (Lipinski definition) is 5. The van der Waals surface area contributed by atoms with Gasteiger partial charge in [-0.3, -0.25) is 9.59 Å². The molecular weight excluding hydrogens is 300 g/mol. The lowest BCUT2D eigenvalue weighted by Gasteiger charge is -2.27. The maximum atomic E-state index is 12.7. The molecule has 118 valence electrons. The molecule has 1 aliphatic rings. The normalized spacial score (nSPS) is 15.5. The number of amides is 1. The molecule has 3 heterocycles. The summed E-state index contributed by atoms with van der Waals surface area (Å²) in [5.41, 5.74) is 0.613. The highest BCUT2D eigenvalue weighted by molar-refractivity contribution is 7.20. The molecular formula is C15H20N4O2S. The van der Waals surface area contributed by atoms with Crippen molar-refractivity contribution in [2.45, 2.75) is 26.7 Å². The number of fused-ring (bicyclic) bond motifs is 1. The fourth-order valence-corrected chi connectivity index (χ4v) is 3.93. The first-order chi connectivity index (χ1) is 10.6. The molecule has 1 aliphatic heterocycles. The van der Waals surface area contributed by atoms with Crippen LogP contribution in [0.15, 0.2) is 4.79 Å². The zero-order valence-corrected chi connectivity index (χ0v) is 13.7. The predicted octanol–water partition coefficient (Wildman–Crippen LogP) is 1.29. The van der Waals surface area contributed by atoms with Crippen molar-refractivity contribution in [2.75, 3.05) is 26.2 Å². The van der Waals surface area contributed by atoms with Crippen LogP contribution in [0.2, 0.25) is 0 Å². The van der Waals surface area contributed by atoms with Crippen molar-refractivity contribution < 1.29 is 4.79 Å². The lowest BCUT2D eigenvalue weighted by Crippen LogP contribution is -2.46. The van der Waals surface area contributed by atoms with E-state index in [0.29, 0.717) is 34.0 Å². The van der Waals surface area contributed by atoms with Gasteiger partial charge in [-0.25, -0.2) is 4.98 Å². The Morgan fingerprint density at radius 2 is 2.09 bits per heavy atom. The van der Waals surface area contributed by atoms with Gasteiger partial charge in [-0.15, -0.1) is 11.3 Å². The van der Waals surface area contributed by atoms with Crippen molar-refractivity contribution in [1.82, 2.24) is 20.2 Å². The number of aromatic nitrogens is 2. The quantitative estimate of drug-likeness (QED) is 0.893. The van der Waals surface area contributed by atoms with Crippen LogP contribution in [0, 0.1) is 6.92 Å². The summed E-state index contributed by atoms with van der Waals surface area (Å²) >= 11 is 1.34. The van der Waals surface area contributed by atoms with Crippen LogP contribution in [0.5, 0.6) is 0 Å². The van der Waals surface area contributed by atoms with Crippen LogP contribution in [-0.4, -0.2) is 47.0 Å². The number of aryl methyl sites for hydroxylation is 2. The zero-order chi connectivity index (χ0) is 15.7. The number of thiophene rings is 1. The molecule has 0 aromatic carbocycles. The molecule has 0 radical (unpaired) electrons. The fraction of sp³-hybridized carbons (Fsp3) is 0.533. The standard InChI is InChI=1S/C15H20N4O2S/c1-3-4-10-17-13(20)11-9(2)12(22-14(11)18-10)15(21)19-7-5-16-6-8-19/h16H,3-8H2,1-2H3,(H,17,18,20). The van der Waals surface area contributed by atoms with Gasteiger partial charge in [0.05, 0.1) is 10.3 Å². The average Bonchev–Trinajstić information content (AvgIpc) is 2.85. The summed E-state index contributed by atoms with van der Waals surface area (Å²) in [6.45, 7) is 6.92. The molecule has 1 saturated heterocycles. The Morgan fingerprint density at radius 3 is 2.77 bits per heavy atom. The van der Waals surface area contributed by atoms with Gasteiger partial charge < -0.3 is 15.2 Å². The Hall–Kier alpha value is -1.73. The van der Waals surface area contributed by atoms with E-state index in [1.807, 2.05) is 18.7 Å². The maximum Gasteiger partial charge on any atom is 0.264 e.